The number of hydrogen-bond acceptors (Lipinski definition) is 2. The van der Waals surface area contributed by atoms with Crippen LogP contribution in [-0.4, -0.2) is 5.97 Å². The van der Waals surface area contributed by atoms with Crippen molar-refractivity contribution >= 4 is 5.97 Å². The molecule has 0 amide bonds. The standard InChI is InChI=1S/C32H64O2.K/c1-2-3-4-5-6-7-8-9-10-11-12-13-14-15-16-17-18-19-20-21-22-23-24-25-26-27-28-29-30-31-32(33)34;/h2-31H2,1H3,(H,33,34);/q;+1/p-1. The van der Waals surface area contributed by atoms with Crippen LogP contribution in [0.25, 0.3) is 0 Å². The summed E-state index contributed by atoms with van der Waals surface area (Å²) in [5.74, 6) is -0.898. The van der Waals surface area contributed by atoms with Crippen molar-refractivity contribution in [3.05, 3.63) is 0 Å². The van der Waals surface area contributed by atoms with Crippen LogP contribution in [0.15, 0.2) is 0 Å². The first-order valence-corrected chi connectivity index (χ1v) is 16.0. The molecule has 0 fully saturated rings. The zero-order valence-corrected chi connectivity index (χ0v) is 27.7. The molecule has 0 aromatic rings. The minimum Gasteiger partial charge on any atom is -0.550 e. The minimum absolute atomic E-state index is 0. The van der Waals surface area contributed by atoms with Crippen LogP contribution in [0.1, 0.15) is 200 Å². The summed E-state index contributed by atoms with van der Waals surface area (Å²) in [4.78, 5) is 10.3. The van der Waals surface area contributed by atoms with E-state index in [9.17, 15) is 9.90 Å². The van der Waals surface area contributed by atoms with Gasteiger partial charge in [-0.2, -0.15) is 0 Å². The Balaban J connectivity index is 0. The molecule has 0 saturated carbocycles. The van der Waals surface area contributed by atoms with Crippen LogP contribution < -0.4 is 56.5 Å². The fourth-order valence-electron chi connectivity index (χ4n) is 5.12. The third kappa shape index (κ3) is 37.3. The summed E-state index contributed by atoms with van der Waals surface area (Å²) in [6.45, 7) is 2.30. The Labute approximate surface area is 264 Å². The van der Waals surface area contributed by atoms with Gasteiger partial charge < -0.3 is 9.90 Å². The van der Waals surface area contributed by atoms with E-state index in [1.807, 2.05) is 0 Å². The first-order chi connectivity index (χ1) is 16.8. The summed E-state index contributed by atoms with van der Waals surface area (Å²) in [5, 5.41) is 10.3. The third-order valence-corrected chi connectivity index (χ3v) is 7.48. The molecule has 0 unspecified atom stereocenters. The first kappa shape index (κ1) is 38.3. The normalized spacial score (nSPS) is 11.0. The van der Waals surface area contributed by atoms with Crippen molar-refractivity contribution < 1.29 is 61.3 Å². The number of unbranched alkanes of at least 4 members (excludes halogenated alkanes) is 28. The molecule has 204 valence electrons. The molecule has 0 atom stereocenters. The molecule has 0 aliphatic heterocycles. The number of carboxylic acid groups (broad SMARTS) is 1. The molecular formula is C32H63KO2. The Kier molecular flexibility index (Phi) is 38.4. The van der Waals surface area contributed by atoms with Gasteiger partial charge in [0, 0.05) is 5.97 Å². The smallest absolute Gasteiger partial charge is 0.550 e. The molecule has 0 bridgehead atoms. The van der Waals surface area contributed by atoms with E-state index in [1.54, 1.807) is 0 Å². The van der Waals surface area contributed by atoms with Gasteiger partial charge in [-0.3, -0.25) is 0 Å². The first-order valence-electron chi connectivity index (χ1n) is 16.0. The van der Waals surface area contributed by atoms with Gasteiger partial charge in [0.25, 0.3) is 0 Å². The molecule has 35 heavy (non-hydrogen) atoms. The molecule has 2 nitrogen and oxygen atoms in total. The monoisotopic (exact) mass is 518 g/mol. The maximum atomic E-state index is 10.3. The summed E-state index contributed by atoms with van der Waals surface area (Å²) in [6.07, 6.45) is 40.6. The van der Waals surface area contributed by atoms with Gasteiger partial charge in [-0.05, 0) is 12.8 Å². The van der Waals surface area contributed by atoms with Crippen molar-refractivity contribution in [1.29, 1.82) is 0 Å². The van der Waals surface area contributed by atoms with E-state index in [0.29, 0.717) is 0 Å². The predicted molar refractivity (Wildman–Crippen MR) is 149 cm³/mol. The quantitative estimate of drug-likeness (QED) is 0.0731. The van der Waals surface area contributed by atoms with E-state index < -0.39 is 5.97 Å². The second-order valence-corrected chi connectivity index (χ2v) is 11.0. The van der Waals surface area contributed by atoms with E-state index in [2.05, 4.69) is 6.92 Å². The number of carbonyl (C=O) groups is 1. The topological polar surface area (TPSA) is 40.1 Å². The van der Waals surface area contributed by atoms with Gasteiger partial charge in [0.1, 0.15) is 0 Å². The van der Waals surface area contributed by atoms with Gasteiger partial charge in [-0.15, -0.1) is 0 Å². The Morgan fingerprint density at radius 3 is 0.714 bits per heavy atom. The number of rotatable bonds is 30. The SMILES string of the molecule is CCCCCCCCCCCCCCCCCCCCCCCCCCCCCCCC(=O)[O-].[K+]. The molecule has 0 aliphatic rings. The maximum absolute atomic E-state index is 10.3. The minimum atomic E-state index is -0.898. The second kappa shape index (κ2) is 35.1. The summed E-state index contributed by atoms with van der Waals surface area (Å²) in [6, 6.07) is 0. The van der Waals surface area contributed by atoms with E-state index in [-0.39, 0.29) is 57.8 Å². The number of aliphatic carboxylic acids is 1. The van der Waals surface area contributed by atoms with Crippen LogP contribution >= 0.6 is 0 Å². The van der Waals surface area contributed by atoms with Gasteiger partial charge in [0.15, 0.2) is 0 Å². The largest absolute Gasteiger partial charge is 1.00 e. The van der Waals surface area contributed by atoms with Gasteiger partial charge in [0.05, 0.1) is 0 Å². The predicted octanol–water partition coefficient (Wildman–Crippen LogP) is 7.46. The molecule has 0 radical (unpaired) electrons. The molecule has 0 spiro atoms. The Bertz CT molecular complexity index is 386. The summed E-state index contributed by atoms with van der Waals surface area (Å²) in [5.41, 5.74) is 0. The Morgan fingerprint density at radius 1 is 0.371 bits per heavy atom. The summed E-state index contributed by atoms with van der Waals surface area (Å²) in [7, 11) is 0. The van der Waals surface area contributed by atoms with Crippen molar-refractivity contribution in [3.63, 3.8) is 0 Å². The van der Waals surface area contributed by atoms with E-state index in [1.165, 1.54) is 173 Å². The second-order valence-electron chi connectivity index (χ2n) is 11.0. The number of hydrogen-bond donors (Lipinski definition) is 0. The van der Waals surface area contributed by atoms with Crippen LogP contribution in [0.3, 0.4) is 0 Å². The molecule has 0 aromatic heterocycles. The number of carbonyl (C=O) groups excluding carboxylic acids is 1. The van der Waals surface area contributed by atoms with Crippen LogP contribution in [0, 0.1) is 0 Å². The van der Waals surface area contributed by atoms with Crippen LogP contribution in [0.5, 0.6) is 0 Å². The molecule has 0 N–H and O–H groups in total. The molecule has 0 aliphatic carbocycles. The van der Waals surface area contributed by atoms with Gasteiger partial charge >= 0.3 is 51.4 Å². The summed E-state index contributed by atoms with van der Waals surface area (Å²) >= 11 is 0. The summed E-state index contributed by atoms with van der Waals surface area (Å²) < 4.78 is 0. The Hall–Kier alpha value is 1.11. The molecule has 0 rings (SSSR count). The van der Waals surface area contributed by atoms with Crippen molar-refractivity contribution in [3.8, 4) is 0 Å². The van der Waals surface area contributed by atoms with Gasteiger partial charge in [-0.25, -0.2) is 0 Å². The third-order valence-electron chi connectivity index (χ3n) is 7.48. The van der Waals surface area contributed by atoms with E-state index in [0.717, 1.165) is 12.8 Å². The van der Waals surface area contributed by atoms with Crippen molar-refractivity contribution in [1.82, 2.24) is 0 Å². The fourth-order valence-corrected chi connectivity index (χ4v) is 5.12. The van der Waals surface area contributed by atoms with Gasteiger partial charge in [-0.1, -0.05) is 187 Å². The zero-order valence-electron chi connectivity index (χ0n) is 24.5. The molecular weight excluding hydrogens is 455 g/mol. The molecule has 3 heteroatoms. The van der Waals surface area contributed by atoms with Crippen molar-refractivity contribution in [2.24, 2.45) is 0 Å². The number of carboxylic acids is 1. The average molecular weight is 519 g/mol. The maximum Gasteiger partial charge on any atom is 1.00 e. The molecule has 0 aromatic carbocycles. The van der Waals surface area contributed by atoms with Crippen LogP contribution in [0.4, 0.5) is 0 Å². The van der Waals surface area contributed by atoms with Crippen molar-refractivity contribution in [2.75, 3.05) is 0 Å². The van der Waals surface area contributed by atoms with E-state index >= 15 is 0 Å². The van der Waals surface area contributed by atoms with Crippen molar-refractivity contribution in [2.45, 2.75) is 200 Å². The Morgan fingerprint density at radius 2 is 0.543 bits per heavy atom. The fraction of sp³-hybridized carbons (Fsp3) is 0.969. The van der Waals surface area contributed by atoms with Crippen LogP contribution in [0.2, 0.25) is 0 Å². The molecule has 0 saturated heterocycles. The van der Waals surface area contributed by atoms with Gasteiger partial charge in [0.2, 0.25) is 0 Å². The average Bonchev–Trinajstić information content (AvgIpc) is 2.83. The molecule has 0 heterocycles. The van der Waals surface area contributed by atoms with E-state index in [4.69, 9.17) is 0 Å². The zero-order chi connectivity index (χ0) is 24.8. The van der Waals surface area contributed by atoms with Crippen LogP contribution in [-0.2, 0) is 4.79 Å².